The number of ether oxygens (including phenoxy) is 1. The van der Waals surface area contributed by atoms with Gasteiger partial charge in [-0.2, -0.15) is 0 Å². The van der Waals surface area contributed by atoms with Crippen molar-refractivity contribution in [1.82, 2.24) is 10.3 Å². The first kappa shape index (κ1) is 11.6. The van der Waals surface area contributed by atoms with E-state index in [1.54, 1.807) is 11.3 Å². The molecule has 94 valence electrons. The second kappa shape index (κ2) is 5.04. The third kappa shape index (κ3) is 2.39. The third-order valence-corrected chi connectivity index (χ3v) is 5.03. The molecule has 0 spiro atoms. The molecule has 3 rings (SSSR count). The van der Waals surface area contributed by atoms with E-state index in [0.29, 0.717) is 5.92 Å². The third-order valence-electron chi connectivity index (χ3n) is 4.05. The Kier molecular flexibility index (Phi) is 3.45. The van der Waals surface area contributed by atoms with E-state index in [4.69, 9.17) is 4.74 Å². The number of nitrogens with one attached hydrogen (secondary N) is 1. The van der Waals surface area contributed by atoms with Crippen LogP contribution in [0, 0.1) is 5.92 Å². The van der Waals surface area contributed by atoms with Gasteiger partial charge in [0.1, 0.15) is 5.01 Å². The Bertz CT molecular complexity index is 340. The fourth-order valence-electron chi connectivity index (χ4n) is 2.99. The summed E-state index contributed by atoms with van der Waals surface area (Å²) in [5.41, 5.74) is 0.177. The van der Waals surface area contributed by atoms with Crippen molar-refractivity contribution in [1.29, 1.82) is 0 Å². The largest absolute Gasteiger partial charge is 0.381 e. The molecule has 4 heteroatoms. The molecule has 2 fully saturated rings. The minimum Gasteiger partial charge on any atom is -0.381 e. The van der Waals surface area contributed by atoms with Crippen LogP contribution in [0.4, 0.5) is 0 Å². The first-order chi connectivity index (χ1) is 8.39. The maximum absolute atomic E-state index is 5.44. The molecule has 0 amide bonds. The van der Waals surface area contributed by atoms with Crippen LogP contribution in [-0.2, 0) is 10.3 Å². The molecule has 1 aliphatic heterocycles. The van der Waals surface area contributed by atoms with Crippen molar-refractivity contribution >= 4 is 11.3 Å². The Hall–Kier alpha value is -0.450. The van der Waals surface area contributed by atoms with Crippen LogP contribution in [0.5, 0.6) is 0 Å². The van der Waals surface area contributed by atoms with Gasteiger partial charge in [0.05, 0.1) is 12.1 Å². The van der Waals surface area contributed by atoms with Crippen molar-refractivity contribution < 1.29 is 4.74 Å². The minimum absolute atomic E-state index is 0.177. The summed E-state index contributed by atoms with van der Waals surface area (Å²) in [5, 5.41) is 7.19. The van der Waals surface area contributed by atoms with E-state index in [9.17, 15) is 0 Å². The smallest absolute Gasteiger partial charge is 0.113 e. The second-order valence-corrected chi connectivity index (χ2v) is 6.13. The Balaban J connectivity index is 1.67. The molecule has 1 aromatic heterocycles. The van der Waals surface area contributed by atoms with Crippen molar-refractivity contribution in [2.75, 3.05) is 19.8 Å². The topological polar surface area (TPSA) is 34.1 Å². The van der Waals surface area contributed by atoms with Crippen molar-refractivity contribution in [3.05, 3.63) is 16.6 Å². The van der Waals surface area contributed by atoms with E-state index in [-0.39, 0.29) is 5.54 Å². The molecule has 1 saturated carbocycles. The molecule has 0 radical (unpaired) electrons. The van der Waals surface area contributed by atoms with Crippen molar-refractivity contribution in [3.63, 3.8) is 0 Å². The Morgan fingerprint density at radius 2 is 2.35 bits per heavy atom. The Morgan fingerprint density at radius 1 is 1.47 bits per heavy atom. The van der Waals surface area contributed by atoms with Crippen molar-refractivity contribution in [2.24, 2.45) is 5.92 Å². The van der Waals surface area contributed by atoms with E-state index < -0.39 is 0 Å². The first-order valence-electron chi connectivity index (χ1n) is 6.62. The summed E-state index contributed by atoms with van der Waals surface area (Å²) in [6.07, 6.45) is 8.28. The van der Waals surface area contributed by atoms with Crippen LogP contribution in [0.2, 0.25) is 0 Å². The van der Waals surface area contributed by atoms with Crippen LogP contribution in [0.15, 0.2) is 11.6 Å². The zero-order valence-corrected chi connectivity index (χ0v) is 11.0. The summed E-state index contributed by atoms with van der Waals surface area (Å²) in [5.74, 6) is 0.701. The fraction of sp³-hybridized carbons (Fsp3) is 0.769. The number of nitrogens with zero attached hydrogens (tertiary/aromatic N) is 1. The van der Waals surface area contributed by atoms with Gasteiger partial charge in [0.15, 0.2) is 0 Å². The molecule has 1 aliphatic carbocycles. The molecule has 0 bridgehead atoms. The van der Waals surface area contributed by atoms with Gasteiger partial charge in [0, 0.05) is 24.7 Å². The molecule has 0 aromatic carbocycles. The van der Waals surface area contributed by atoms with Gasteiger partial charge in [-0.15, -0.1) is 11.3 Å². The number of aromatic nitrogens is 1. The molecular formula is C13H20N2OS. The molecule has 17 heavy (non-hydrogen) atoms. The summed E-state index contributed by atoms with van der Waals surface area (Å²) < 4.78 is 5.44. The van der Waals surface area contributed by atoms with Crippen molar-refractivity contribution in [3.8, 4) is 0 Å². The van der Waals surface area contributed by atoms with Gasteiger partial charge in [0.25, 0.3) is 0 Å². The normalized spacial score (nSPS) is 27.6. The average molecular weight is 252 g/mol. The van der Waals surface area contributed by atoms with E-state index >= 15 is 0 Å². The predicted molar refractivity (Wildman–Crippen MR) is 69.2 cm³/mol. The fourth-order valence-corrected chi connectivity index (χ4v) is 3.86. The standard InChI is InChI=1S/C13H20N2OS/c1-2-5-13(4-1,12-14-6-8-17-12)15-9-11-3-7-16-10-11/h6,8,11,15H,1-5,7,9-10H2/t11-/m0/s1. The van der Waals surface area contributed by atoms with E-state index in [2.05, 4.69) is 15.7 Å². The lowest BCUT2D eigenvalue weighted by molar-refractivity contribution is 0.181. The van der Waals surface area contributed by atoms with Gasteiger partial charge in [-0.05, 0) is 25.2 Å². The molecule has 1 atom stereocenters. The molecule has 0 unspecified atom stereocenters. The van der Waals surface area contributed by atoms with E-state index in [0.717, 1.165) is 19.8 Å². The highest BCUT2D eigenvalue weighted by atomic mass is 32.1. The van der Waals surface area contributed by atoms with Gasteiger partial charge >= 0.3 is 0 Å². The van der Waals surface area contributed by atoms with Gasteiger partial charge < -0.3 is 10.1 Å². The monoisotopic (exact) mass is 252 g/mol. The van der Waals surface area contributed by atoms with Crippen molar-refractivity contribution in [2.45, 2.75) is 37.6 Å². The lowest BCUT2D eigenvalue weighted by atomic mass is 9.97. The summed E-state index contributed by atoms with van der Waals surface area (Å²) in [7, 11) is 0. The zero-order valence-electron chi connectivity index (χ0n) is 10.2. The molecule has 1 saturated heterocycles. The highest BCUT2D eigenvalue weighted by Gasteiger charge is 2.37. The summed E-state index contributed by atoms with van der Waals surface area (Å²) in [6, 6.07) is 0. The summed E-state index contributed by atoms with van der Waals surface area (Å²) in [6.45, 7) is 2.96. The molecule has 1 aromatic rings. The van der Waals surface area contributed by atoms with Crippen LogP contribution in [0.3, 0.4) is 0 Å². The summed E-state index contributed by atoms with van der Waals surface area (Å²) >= 11 is 1.80. The SMILES string of the molecule is c1csc(C2(NC[C@@H]3CCOC3)CCCC2)n1. The zero-order chi connectivity index (χ0) is 11.6. The lowest BCUT2D eigenvalue weighted by Crippen LogP contribution is -2.42. The number of thiazole rings is 1. The first-order valence-corrected chi connectivity index (χ1v) is 7.50. The Labute approximate surface area is 107 Å². The van der Waals surface area contributed by atoms with E-state index in [1.807, 2.05) is 6.20 Å². The van der Waals surface area contributed by atoms with E-state index in [1.165, 1.54) is 37.1 Å². The van der Waals surface area contributed by atoms with Gasteiger partial charge in [-0.3, -0.25) is 0 Å². The number of hydrogen-bond donors (Lipinski definition) is 1. The van der Waals surface area contributed by atoms with Crippen LogP contribution >= 0.6 is 11.3 Å². The minimum atomic E-state index is 0.177. The quantitative estimate of drug-likeness (QED) is 0.894. The van der Waals surface area contributed by atoms with Gasteiger partial charge in [-0.25, -0.2) is 4.98 Å². The Morgan fingerprint density at radius 3 is 3.00 bits per heavy atom. The summed E-state index contributed by atoms with van der Waals surface area (Å²) in [4.78, 5) is 4.54. The highest BCUT2D eigenvalue weighted by Crippen LogP contribution is 2.39. The second-order valence-electron chi connectivity index (χ2n) is 5.24. The lowest BCUT2D eigenvalue weighted by Gasteiger charge is -2.29. The molecule has 3 nitrogen and oxygen atoms in total. The maximum Gasteiger partial charge on any atom is 0.113 e. The highest BCUT2D eigenvalue weighted by molar-refractivity contribution is 7.09. The van der Waals surface area contributed by atoms with Gasteiger partial charge in [0.2, 0.25) is 0 Å². The number of hydrogen-bond acceptors (Lipinski definition) is 4. The average Bonchev–Trinajstić information content (AvgIpc) is 3.09. The van der Waals surface area contributed by atoms with Crippen LogP contribution in [-0.4, -0.2) is 24.7 Å². The molecule has 2 heterocycles. The molecule has 2 aliphatic rings. The van der Waals surface area contributed by atoms with Crippen LogP contribution < -0.4 is 5.32 Å². The van der Waals surface area contributed by atoms with Crippen LogP contribution in [0.25, 0.3) is 0 Å². The van der Waals surface area contributed by atoms with Crippen LogP contribution in [0.1, 0.15) is 37.1 Å². The molecular weight excluding hydrogens is 232 g/mol. The predicted octanol–water partition coefficient (Wildman–Crippen LogP) is 2.54. The number of rotatable bonds is 4. The molecule has 1 N–H and O–H groups in total. The maximum atomic E-state index is 5.44. The van der Waals surface area contributed by atoms with Gasteiger partial charge in [-0.1, -0.05) is 12.8 Å².